The maximum absolute atomic E-state index is 11.1. The van der Waals surface area contributed by atoms with Crippen LogP contribution in [-0.2, 0) is 11.2 Å². The summed E-state index contributed by atoms with van der Waals surface area (Å²) in [5, 5.41) is 3.86. The van der Waals surface area contributed by atoms with Crippen molar-refractivity contribution in [3.8, 4) is 0 Å². The highest BCUT2D eigenvalue weighted by Gasteiger charge is 2.05. The standard InChI is InChI=1S/C15H19N3O/c1-10-8-12(4-3-7-16)18-15-6-5-13(9-14(10)15)17-11(2)19/h5-6,8-9H,3-4,7,16H2,1-2H3,(H,17,19). The van der Waals surface area contributed by atoms with Crippen molar-refractivity contribution in [3.05, 3.63) is 35.5 Å². The van der Waals surface area contributed by atoms with Crippen LogP contribution in [0.2, 0.25) is 0 Å². The lowest BCUT2D eigenvalue weighted by molar-refractivity contribution is -0.114. The topological polar surface area (TPSA) is 68.0 Å². The number of pyridine rings is 1. The van der Waals surface area contributed by atoms with Gasteiger partial charge in [0, 0.05) is 23.7 Å². The van der Waals surface area contributed by atoms with Crippen molar-refractivity contribution in [3.63, 3.8) is 0 Å². The number of anilines is 1. The molecule has 1 amide bonds. The van der Waals surface area contributed by atoms with Crippen LogP contribution in [-0.4, -0.2) is 17.4 Å². The van der Waals surface area contributed by atoms with Crippen LogP contribution in [0.25, 0.3) is 10.9 Å². The number of amides is 1. The number of carbonyl (C=O) groups excluding carboxylic acids is 1. The van der Waals surface area contributed by atoms with E-state index >= 15 is 0 Å². The molecule has 0 saturated carbocycles. The predicted molar refractivity (Wildman–Crippen MR) is 78.2 cm³/mol. The smallest absolute Gasteiger partial charge is 0.221 e. The first kappa shape index (κ1) is 13.5. The highest BCUT2D eigenvalue weighted by molar-refractivity contribution is 5.93. The van der Waals surface area contributed by atoms with Crippen LogP contribution < -0.4 is 11.1 Å². The molecule has 0 saturated heterocycles. The molecule has 19 heavy (non-hydrogen) atoms. The first-order chi connectivity index (χ1) is 9.10. The average molecular weight is 257 g/mol. The minimum atomic E-state index is -0.0653. The van der Waals surface area contributed by atoms with Crippen LogP contribution in [0.5, 0.6) is 0 Å². The molecule has 4 nitrogen and oxygen atoms in total. The Hall–Kier alpha value is -1.94. The summed E-state index contributed by atoms with van der Waals surface area (Å²) in [5.74, 6) is -0.0653. The van der Waals surface area contributed by atoms with Gasteiger partial charge in [-0.25, -0.2) is 0 Å². The highest BCUT2D eigenvalue weighted by Crippen LogP contribution is 2.22. The van der Waals surface area contributed by atoms with Gasteiger partial charge in [-0.1, -0.05) is 0 Å². The van der Waals surface area contributed by atoms with Crippen molar-refractivity contribution in [2.45, 2.75) is 26.7 Å². The third kappa shape index (κ3) is 3.29. The predicted octanol–water partition coefficient (Wildman–Crippen LogP) is 2.39. The van der Waals surface area contributed by atoms with Gasteiger partial charge in [-0.05, 0) is 56.1 Å². The fourth-order valence-electron chi connectivity index (χ4n) is 2.16. The van der Waals surface area contributed by atoms with E-state index in [-0.39, 0.29) is 5.91 Å². The SMILES string of the molecule is CC(=O)Nc1ccc2nc(CCCN)cc(C)c2c1. The van der Waals surface area contributed by atoms with Crippen molar-refractivity contribution >= 4 is 22.5 Å². The number of rotatable bonds is 4. The van der Waals surface area contributed by atoms with Gasteiger partial charge in [-0.15, -0.1) is 0 Å². The maximum Gasteiger partial charge on any atom is 0.221 e. The molecule has 1 heterocycles. The van der Waals surface area contributed by atoms with Crippen LogP contribution in [0.15, 0.2) is 24.3 Å². The number of nitrogens with zero attached hydrogens (tertiary/aromatic N) is 1. The third-order valence-corrected chi connectivity index (χ3v) is 3.03. The summed E-state index contributed by atoms with van der Waals surface area (Å²) in [6.45, 7) is 4.25. The van der Waals surface area contributed by atoms with Crippen LogP contribution in [0.4, 0.5) is 5.69 Å². The molecule has 0 aliphatic rings. The van der Waals surface area contributed by atoms with E-state index in [9.17, 15) is 4.79 Å². The van der Waals surface area contributed by atoms with Crippen LogP contribution >= 0.6 is 0 Å². The van der Waals surface area contributed by atoms with Gasteiger partial charge in [0.1, 0.15) is 0 Å². The Kier molecular flexibility index (Phi) is 4.12. The molecule has 0 radical (unpaired) electrons. The van der Waals surface area contributed by atoms with Gasteiger partial charge in [-0.3, -0.25) is 9.78 Å². The first-order valence-electron chi connectivity index (χ1n) is 6.48. The summed E-state index contributed by atoms with van der Waals surface area (Å²) in [5.41, 5.74) is 9.53. The largest absolute Gasteiger partial charge is 0.330 e. The van der Waals surface area contributed by atoms with Crippen molar-refractivity contribution in [2.75, 3.05) is 11.9 Å². The second-order valence-electron chi connectivity index (χ2n) is 4.74. The third-order valence-electron chi connectivity index (χ3n) is 3.03. The molecule has 2 rings (SSSR count). The van der Waals surface area contributed by atoms with E-state index in [1.807, 2.05) is 18.2 Å². The van der Waals surface area contributed by atoms with Crippen molar-refractivity contribution < 1.29 is 4.79 Å². The van der Waals surface area contributed by atoms with Gasteiger partial charge in [0.25, 0.3) is 0 Å². The molecular weight excluding hydrogens is 238 g/mol. The number of aryl methyl sites for hydroxylation is 2. The van der Waals surface area contributed by atoms with Crippen LogP contribution in [0, 0.1) is 6.92 Å². The fraction of sp³-hybridized carbons (Fsp3) is 0.333. The number of nitrogens with two attached hydrogens (primary N) is 1. The van der Waals surface area contributed by atoms with Gasteiger partial charge in [-0.2, -0.15) is 0 Å². The van der Waals surface area contributed by atoms with E-state index in [0.29, 0.717) is 6.54 Å². The summed E-state index contributed by atoms with van der Waals surface area (Å²) < 4.78 is 0. The average Bonchev–Trinajstić information content (AvgIpc) is 2.36. The monoisotopic (exact) mass is 257 g/mol. The Morgan fingerprint density at radius 1 is 1.37 bits per heavy atom. The zero-order valence-corrected chi connectivity index (χ0v) is 11.4. The lowest BCUT2D eigenvalue weighted by Gasteiger charge is -2.08. The molecule has 0 aliphatic heterocycles. The zero-order valence-electron chi connectivity index (χ0n) is 11.4. The molecule has 0 unspecified atom stereocenters. The molecule has 1 aromatic carbocycles. The Bertz CT molecular complexity index is 608. The summed E-state index contributed by atoms with van der Waals surface area (Å²) >= 11 is 0. The summed E-state index contributed by atoms with van der Waals surface area (Å²) in [4.78, 5) is 15.7. The van der Waals surface area contributed by atoms with Gasteiger partial charge in [0.15, 0.2) is 0 Å². The lowest BCUT2D eigenvalue weighted by Crippen LogP contribution is -2.06. The van der Waals surface area contributed by atoms with E-state index in [1.165, 1.54) is 12.5 Å². The summed E-state index contributed by atoms with van der Waals surface area (Å²) in [6, 6.07) is 7.88. The van der Waals surface area contributed by atoms with Crippen molar-refractivity contribution in [2.24, 2.45) is 5.73 Å². The van der Waals surface area contributed by atoms with Crippen LogP contribution in [0.3, 0.4) is 0 Å². The van der Waals surface area contributed by atoms with E-state index in [2.05, 4.69) is 23.3 Å². The summed E-state index contributed by atoms with van der Waals surface area (Å²) in [7, 11) is 0. The second-order valence-corrected chi connectivity index (χ2v) is 4.74. The molecule has 0 atom stereocenters. The molecule has 0 fully saturated rings. The minimum Gasteiger partial charge on any atom is -0.330 e. The Morgan fingerprint density at radius 3 is 2.84 bits per heavy atom. The zero-order chi connectivity index (χ0) is 13.8. The molecular formula is C15H19N3O. The second kappa shape index (κ2) is 5.80. The minimum absolute atomic E-state index is 0.0653. The number of benzene rings is 1. The van der Waals surface area contributed by atoms with Crippen molar-refractivity contribution in [1.82, 2.24) is 4.98 Å². The van der Waals surface area contributed by atoms with Gasteiger partial charge in [0.05, 0.1) is 5.52 Å². The molecule has 1 aromatic heterocycles. The Balaban J connectivity index is 2.38. The number of fused-ring (bicyclic) bond motifs is 1. The van der Waals surface area contributed by atoms with E-state index in [1.54, 1.807) is 0 Å². The fourth-order valence-corrected chi connectivity index (χ4v) is 2.16. The highest BCUT2D eigenvalue weighted by atomic mass is 16.1. The van der Waals surface area contributed by atoms with Gasteiger partial charge >= 0.3 is 0 Å². The van der Waals surface area contributed by atoms with Gasteiger partial charge in [0.2, 0.25) is 5.91 Å². The van der Waals surface area contributed by atoms with E-state index in [0.717, 1.165) is 35.1 Å². The first-order valence-corrected chi connectivity index (χ1v) is 6.48. The molecule has 2 aromatic rings. The normalized spacial score (nSPS) is 10.7. The number of nitrogens with one attached hydrogen (secondary N) is 1. The molecule has 100 valence electrons. The molecule has 0 aliphatic carbocycles. The molecule has 3 N–H and O–H groups in total. The van der Waals surface area contributed by atoms with E-state index in [4.69, 9.17) is 5.73 Å². The number of carbonyl (C=O) groups is 1. The Morgan fingerprint density at radius 2 is 2.16 bits per heavy atom. The number of aromatic nitrogens is 1. The van der Waals surface area contributed by atoms with E-state index < -0.39 is 0 Å². The number of hydrogen-bond donors (Lipinski definition) is 2. The molecule has 0 bridgehead atoms. The molecule has 0 spiro atoms. The Labute approximate surface area is 113 Å². The number of hydrogen-bond acceptors (Lipinski definition) is 3. The van der Waals surface area contributed by atoms with Gasteiger partial charge < -0.3 is 11.1 Å². The summed E-state index contributed by atoms with van der Waals surface area (Å²) in [6.07, 6.45) is 1.85. The lowest BCUT2D eigenvalue weighted by atomic mass is 10.1. The quantitative estimate of drug-likeness (QED) is 0.883. The van der Waals surface area contributed by atoms with Crippen molar-refractivity contribution in [1.29, 1.82) is 0 Å². The van der Waals surface area contributed by atoms with Crippen LogP contribution in [0.1, 0.15) is 24.6 Å². The molecule has 4 heteroatoms. The maximum atomic E-state index is 11.1.